The molecule has 1 aromatic carbocycles. The summed E-state index contributed by atoms with van der Waals surface area (Å²) in [7, 11) is 0. The largest absolute Gasteiger partial charge is 0.454 e. The van der Waals surface area contributed by atoms with Gasteiger partial charge in [0.1, 0.15) is 12.2 Å². The summed E-state index contributed by atoms with van der Waals surface area (Å²) in [5.74, 6) is -1.49. The second kappa shape index (κ2) is 8.06. The van der Waals surface area contributed by atoms with Crippen LogP contribution in [0.1, 0.15) is 11.1 Å². The molecule has 9 nitrogen and oxygen atoms in total. The third kappa shape index (κ3) is 4.76. The number of aryl methyl sites for hydroxylation is 2. The number of carbonyl (C=O) groups is 2. The Morgan fingerprint density at radius 1 is 1.23 bits per heavy atom. The topological polar surface area (TPSA) is 121 Å². The van der Waals surface area contributed by atoms with E-state index in [1.165, 1.54) is 30.5 Å². The zero-order valence-electron chi connectivity index (χ0n) is 14.2. The van der Waals surface area contributed by atoms with Crippen LogP contribution < -0.4 is 10.9 Å². The summed E-state index contributed by atoms with van der Waals surface area (Å²) >= 11 is 0. The van der Waals surface area contributed by atoms with Crippen LogP contribution in [0.3, 0.4) is 0 Å². The number of benzene rings is 1. The van der Waals surface area contributed by atoms with Crippen LogP contribution in [0.5, 0.6) is 0 Å². The normalized spacial score (nSPS) is 10.2. The molecule has 2 rings (SSSR count). The number of nitrogens with one attached hydrogen (secondary N) is 1. The third-order valence-corrected chi connectivity index (χ3v) is 3.65. The number of hydrogen-bond donors (Lipinski definition) is 1. The van der Waals surface area contributed by atoms with Crippen molar-refractivity contribution < 1.29 is 19.2 Å². The molecule has 0 aliphatic heterocycles. The molecule has 0 spiro atoms. The van der Waals surface area contributed by atoms with Crippen molar-refractivity contribution in [2.45, 2.75) is 20.4 Å². The van der Waals surface area contributed by atoms with Gasteiger partial charge in [0.2, 0.25) is 0 Å². The Hall–Kier alpha value is -3.49. The molecule has 0 saturated carbocycles. The van der Waals surface area contributed by atoms with E-state index < -0.39 is 23.4 Å². The number of esters is 1. The van der Waals surface area contributed by atoms with E-state index in [2.05, 4.69) is 5.32 Å². The van der Waals surface area contributed by atoms with Crippen LogP contribution in [0.2, 0.25) is 0 Å². The summed E-state index contributed by atoms with van der Waals surface area (Å²) in [6.07, 6.45) is 1.42. The Labute approximate surface area is 148 Å². The number of aromatic nitrogens is 1. The average molecular weight is 359 g/mol. The van der Waals surface area contributed by atoms with E-state index in [9.17, 15) is 24.5 Å². The van der Waals surface area contributed by atoms with Crippen LogP contribution in [-0.2, 0) is 20.9 Å². The van der Waals surface area contributed by atoms with Crippen LogP contribution in [0.4, 0.5) is 11.4 Å². The maximum absolute atomic E-state index is 11.9. The fourth-order valence-corrected chi connectivity index (χ4v) is 2.16. The van der Waals surface area contributed by atoms with Crippen molar-refractivity contribution in [3.05, 3.63) is 68.1 Å². The second-order valence-electron chi connectivity index (χ2n) is 5.59. The Bertz CT molecular complexity index is 919. The van der Waals surface area contributed by atoms with Gasteiger partial charge in [-0.1, -0.05) is 6.07 Å². The van der Waals surface area contributed by atoms with Gasteiger partial charge in [-0.15, -0.1) is 0 Å². The molecule has 0 saturated heterocycles. The molecule has 1 heterocycles. The van der Waals surface area contributed by atoms with Crippen molar-refractivity contribution in [1.82, 2.24) is 4.57 Å². The Balaban J connectivity index is 1.98. The predicted molar refractivity (Wildman–Crippen MR) is 92.9 cm³/mol. The van der Waals surface area contributed by atoms with Gasteiger partial charge in [-0.3, -0.25) is 24.5 Å². The number of amides is 1. The van der Waals surface area contributed by atoms with Crippen LogP contribution in [0.25, 0.3) is 0 Å². The van der Waals surface area contributed by atoms with Crippen molar-refractivity contribution >= 4 is 23.3 Å². The van der Waals surface area contributed by atoms with Gasteiger partial charge in [0.15, 0.2) is 6.61 Å². The predicted octanol–water partition coefficient (Wildman–Crippen LogP) is 1.56. The van der Waals surface area contributed by atoms with Gasteiger partial charge in [-0.05, 0) is 37.1 Å². The number of rotatable bonds is 6. The zero-order valence-corrected chi connectivity index (χ0v) is 14.2. The molecule has 0 radical (unpaired) electrons. The summed E-state index contributed by atoms with van der Waals surface area (Å²) in [5, 5.41) is 13.5. The quantitative estimate of drug-likeness (QED) is 0.475. The maximum atomic E-state index is 11.9. The van der Waals surface area contributed by atoms with Crippen molar-refractivity contribution in [3.63, 3.8) is 0 Å². The minimum absolute atomic E-state index is 0.0263. The number of nitro groups is 1. The Morgan fingerprint density at radius 2 is 1.92 bits per heavy atom. The maximum Gasteiger partial charge on any atom is 0.326 e. The molecule has 136 valence electrons. The van der Waals surface area contributed by atoms with E-state index in [-0.39, 0.29) is 23.5 Å². The molecule has 9 heteroatoms. The van der Waals surface area contributed by atoms with E-state index in [0.717, 1.165) is 15.7 Å². The van der Waals surface area contributed by atoms with E-state index in [1.54, 1.807) is 19.9 Å². The molecule has 0 aliphatic rings. The summed E-state index contributed by atoms with van der Waals surface area (Å²) in [4.78, 5) is 45.7. The third-order valence-electron chi connectivity index (χ3n) is 3.65. The van der Waals surface area contributed by atoms with E-state index in [4.69, 9.17) is 4.74 Å². The first-order valence-electron chi connectivity index (χ1n) is 7.64. The Morgan fingerprint density at radius 3 is 2.58 bits per heavy atom. The molecule has 2 aromatic rings. The molecule has 0 fully saturated rings. The molecule has 26 heavy (non-hydrogen) atoms. The van der Waals surface area contributed by atoms with Crippen molar-refractivity contribution in [2.75, 3.05) is 11.9 Å². The molecule has 1 amide bonds. The van der Waals surface area contributed by atoms with Gasteiger partial charge in [0.05, 0.1) is 4.92 Å². The van der Waals surface area contributed by atoms with E-state index in [0.29, 0.717) is 0 Å². The molecule has 1 aromatic heterocycles. The average Bonchev–Trinajstić information content (AvgIpc) is 2.58. The molecule has 1 N–H and O–H groups in total. The second-order valence-corrected chi connectivity index (χ2v) is 5.59. The standard InChI is InChI=1S/C17H17N3O6/c1-11-7-13(14(20(24)25)8-12(11)2)18-15(21)10-26-17(23)9-19-6-4-3-5-16(19)22/h3-8H,9-10H2,1-2H3,(H,18,21). The van der Waals surface area contributed by atoms with Gasteiger partial charge in [0.25, 0.3) is 17.2 Å². The summed E-state index contributed by atoms with van der Waals surface area (Å²) in [6.45, 7) is 2.52. The number of ether oxygens (including phenoxy) is 1. The lowest BCUT2D eigenvalue weighted by molar-refractivity contribution is -0.384. The van der Waals surface area contributed by atoms with Gasteiger partial charge in [-0.25, -0.2) is 0 Å². The number of pyridine rings is 1. The first kappa shape index (κ1) is 18.8. The first-order valence-corrected chi connectivity index (χ1v) is 7.64. The smallest absolute Gasteiger partial charge is 0.326 e. The molecule has 0 bridgehead atoms. The number of nitro benzene ring substituents is 1. The summed E-state index contributed by atoms with van der Waals surface area (Å²) in [6, 6.07) is 7.25. The Kier molecular flexibility index (Phi) is 5.84. The lowest BCUT2D eigenvalue weighted by Crippen LogP contribution is -2.27. The zero-order chi connectivity index (χ0) is 19.3. The van der Waals surface area contributed by atoms with Crippen molar-refractivity contribution in [2.24, 2.45) is 0 Å². The lowest BCUT2D eigenvalue weighted by Gasteiger charge is -2.10. The number of anilines is 1. The minimum Gasteiger partial charge on any atom is -0.454 e. The number of carbonyl (C=O) groups excluding carboxylic acids is 2. The summed E-state index contributed by atoms with van der Waals surface area (Å²) < 4.78 is 5.94. The highest BCUT2D eigenvalue weighted by Gasteiger charge is 2.18. The number of nitrogens with zero attached hydrogens (tertiary/aromatic N) is 2. The molecule has 0 atom stereocenters. The van der Waals surface area contributed by atoms with Crippen LogP contribution in [0, 0.1) is 24.0 Å². The monoisotopic (exact) mass is 359 g/mol. The fourth-order valence-electron chi connectivity index (χ4n) is 2.16. The lowest BCUT2D eigenvalue weighted by atomic mass is 10.1. The fraction of sp³-hybridized carbons (Fsp3) is 0.235. The summed E-state index contributed by atoms with van der Waals surface area (Å²) in [5.41, 5.74) is 0.891. The van der Waals surface area contributed by atoms with Gasteiger partial charge in [0, 0.05) is 18.3 Å². The van der Waals surface area contributed by atoms with Crippen molar-refractivity contribution in [3.8, 4) is 0 Å². The molecular formula is C17H17N3O6. The van der Waals surface area contributed by atoms with E-state index >= 15 is 0 Å². The van der Waals surface area contributed by atoms with Gasteiger partial charge in [-0.2, -0.15) is 0 Å². The van der Waals surface area contributed by atoms with Gasteiger partial charge < -0.3 is 14.6 Å². The molecule has 0 unspecified atom stereocenters. The molecule has 0 aliphatic carbocycles. The molecular weight excluding hydrogens is 342 g/mol. The highest BCUT2D eigenvalue weighted by Crippen LogP contribution is 2.27. The van der Waals surface area contributed by atoms with Crippen LogP contribution in [-0.4, -0.2) is 28.0 Å². The number of hydrogen-bond acceptors (Lipinski definition) is 6. The van der Waals surface area contributed by atoms with Gasteiger partial charge >= 0.3 is 5.97 Å². The van der Waals surface area contributed by atoms with Crippen LogP contribution >= 0.6 is 0 Å². The first-order chi connectivity index (χ1) is 12.3. The van der Waals surface area contributed by atoms with Crippen LogP contribution in [0.15, 0.2) is 41.3 Å². The van der Waals surface area contributed by atoms with E-state index in [1.807, 2.05) is 0 Å². The SMILES string of the molecule is Cc1cc(NC(=O)COC(=O)Cn2ccccc2=O)c([N+](=O)[O-])cc1C. The minimum atomic E-state index is -0.775. The highest BCUT2D eigenvalue weighted by molar-refractivity contribution is 5.95. The highest BCUT2D eigenvalue weighted by atomic mass is 16.6. The van der Waals surface area contributed by atoms with Crippen molar-refractivity contribution in [1.29, 1.82) is 0 Å².